The van der Waals surface area contributed by atoms with Gasteiger partial charge in [0.1, 0.15) is 16.9 Å². The molecule has 0 saturated carbocycles. The number of ketones is 1. The highest BCUT2D eigenvalue weighted by atomic mass is 35.5. The number of benzene rings is 2. The lowest BCUT2D eigenvalue weighted by atomic mass is 9.82. The third kappa shape index (κ3) is 3.68. The molecule has 0 N–H and O–H groups in total. The average molecular weight is 435 g/mol. The van der Waals surface area contributed by atoms with Gasteiger partial charge in [-0.2, -0.15) is 0 Å². The van der Waals surface area contributed by atoms with Crippen LogP contribution in [0.25, 0.3) is 0 Å². The summed E-state index contributed by atoms with van der Waals surface area (Å²) in [5.41, 5.74) is -0.534. The van der Waals surface area contributed by atoms with E-state index in [0.29, 0.717) is 42.3 Å². The van der Waals surface area contributed by atoms with Gasteiger partial charge in [0.25, 0.3) is 11.6 Å². The molecular weight excluding hydrogens is 419 g/mol. The summed E-state index contributed by atoms with van der Waals surface area (Å²) in [4.78, 5) is 37.7. The van der Waals surface area contributed by atoms with Gasteiger partial charge in [-0.15, -0.1) is 0 Å². The molecule has 2 aromatic rings. The summed E-state index contributed by atoms with van der Waals surface area (Å²) in [5, 5.41) is 12.0. The zero-order valence-electron chi connectivity index (χ0n) is 15.2. The minimum absolute atomic E-state index is 0.00373. The van der Waals surface area contributed by atoms with Gasteiger partial charge >= 0.3 is 0 Å². The van der Waals surface area contributed by atoms with Crippen molar-refractivity contribution in [1.29, 1.82) is 0 Å². The molecule has 1 fully saturated rings. The molecule has 0 atom stereocenters. The van der Waals surface area contributed by atoms with Gasteiger partial charge in [-0.05, 0) is 30.3 Å². The molecule has 1 amide bonds. The SMILES string of the molecule is O=C1CC2(CCN(C(=O)c3ccc(Cl)cc3[N+](=O)[O-])CC2)Oc2ccc(Cl)cc21. The molecule has 29 heavy (non-hydrogen) atoms. The zero-order valence-corrected chi connectivity index (χ0v) is 16.7. The molecule has 4 rings (SSSR count). The van der Waals surface area contributed by atoms with E-state index in [1.54, 1.807) is 23.1 Å². The highest BCUT2D eigenvalue weighted by Gasteiger charge is 2.44. The van der Waals surface area contributed by atoms with Gasteiger partial charge < -0.3 is 9.64 Å². The van der Waals surface area contributed by atoms with Gasteiger partial charge in [0, 0.05) is 42.0 Å². The first-order valence-corrected chi connectivity index (χ1v) is 9.79. The van der Waals surface area contributed by atoms with Crippen LogP contribution in [0.4, 0.5) is 5.69 Å². The number of fused-ring (bicyclic) bond motifs is 1. The van der Waals surface area contributed by atoms with Crippen molar-refractivity contribution in [1.82, 2.24) is 4.90 Å². The number of nitrogens with zero attached hydrogens (tertiary/aromatic N) is 2. The molecule has 0 aromatic heterocycles. The summed E-state index contributed by atoms with van der Waals surface area (Å²) in [5.74, 6) is 0.0261. The van der Waals surface area contributed by atoms with Crippen molar-refractivity contribution in [2.75, 3.05) is 13.1 Å². The molecule has 7 nitrogen and oxygen atoms in total. The second-order valence-corrected chi connectivity index (χ2v) is 8.11. The van der Waals surface area contributed by atoms with Crippen molar-refractivity contribution < 1.29 is 19.2 Å². The summed E-state index contributed by atoms with van der Waals surface area (Å²) in [6, 6.07) is 8.96. The number of halogens is 2. The molecule has 0 unspecified atom stereocenters. The Balaban J connectivity index is 1.52. The molecule has 2 heterocycles. The van der Waals surface area contributed by atoms with Crippen molar-refractivity contribution in [2.24, 2.45) is 0 Å². The van der Waals surface area contributed by atoms with Crippen molar-refractivity contribution in [3.8, 4) is 5.75 Å². The second kappa shape index (κ2) is 7.31. The topological polar surface area (TPSA) is 89.8 Å². The summed E-state index contributed by atoms with van der Waals surface area (Å²) in [7, 11) is 0. The van der Waals surface area contributed by atoms with E-state index in [-0.39, 0.29) is 28.5 Å². The van der Waals surface area contributed by atoms with E-state index in [1.807, 2.05) is 0 Å². The number of piperidine rings is 1. The van der Waals surface area contributed by atoms with E-state index in [9.17, 15) is 19.7 Å². The quantitative estimate of drug-likeness (QED) is 0.510. The second-order valence-electron chi connectivity index (χ2n) is 7.24. The Morgan fingerprint density at radius 2 is 1.76 bits per heavy atom. The predicted octanol–water partition coefficient (Wildman–Crippen LogP) is 4.54. The number of Topliss-reactive ketones (excluding diaryl/α,β-unsaturated/α-hetero) is 1. The maximum absolute atomic E-state index is 12.9. The van der Waals surface area contributed by atoms with Gasteiger partial charge in [-0.1, -0.05) is 23.2 Å². The van der Waals surface area contributed by atoms with Gasteiger partial charge in [0.15, 0.2) is 5.78 Å². The van der Waals surface area contributed by atoms with E-state index >= 15 is 0 Å². The van der Waals surface area contributed by atoms with Gasteiger partial charge in [0.2, 0.25) is 0 Å². The van der Waals surface area contributed by atoms with Crippen molar-refractivity contribution >= 4 is 40.6 Å². The Hall–Kier alpha value is -2.64. The van der Waals surface area contributed by atoms with Gasteiger partial charge in [0.05, 0.1) is 16.9 Å². The number of carbonyl (C=O) groups is 2. The fraction of sp³-hybridized carbons (Fsp3) is 0.300. The fourth-order valence-corrected chi connectivity index (χ4v) is 4.21. The number of hydrogen-bond donors (Lipinski definition) is 0. The summed E-state index contributed by atoms with van der Waals surface area (Å²) >= 11 is 11.8. The number of nitro groups is 1. The van der Waals surface area contributed by atoms with Crippen LogP contribution in [0, 0.1) is 10.1 Å². The van der Waals surface area contributed by atoms with Crippen LogP contribution in [0.2, 0.25) is 10.0 Å². The average Bonchev–Trinajstić information content (AvgIpc) is 2.69. The number of hydrogen-bond acceptors (Lipinski definition) is 5. The first-order chi connectivity index (χ1) is 13.8. The Bertz CT molecular complexity index is 1030. The van der Waals surface area contributed by atoms with Crippen molar-refractivity contribution in [2.45, 2.75) is 24.9 Å². The maximum Gasteiger partial charge on any atom is 0.283 e. The molecule has 150 valence electrons. The number of carbonyl (C=O) groups excluding carboxylic acids is 2. The molecule has 2 aliphatic rings. The van der Waals surface area contributed by atoms with Crippen LogP contribution < -0.4 is 4.74 Å². The lowest BCUT2D eigenvalue weighted by molar-refractivity contribution is -0.385. The Kier molecular flexibility index (Phi) is 4.96. The Morgan fingerprint density at radius 1 is 1.10 bits per heavy atom. The number of rotatable bonds is 2. The molecule has 2 aromatic carbocycles. The van der Waals surface area contributed by atoms with Gasteiger partial charge in [-0.25, -0.2) is 0 Å². The smallest absolute Gasteiger partial charge is 0.283 e. The van der Waals surface area contributed by atoms with Crippen LogP contribution in [0.5, 0.6) is 5.75 Å². The van der Waals surface area contributed by atoms with E-state index in [2.05, 4.69) is 0 Å². The first kappa shape index (κ1) is 19.7. The third-order valence-electron chi connectivity index (χ3n) is 5.40. The summed E-state index contributed by atoms with van der Waals surface area (Å²) in [6.07, 6.45) is 1.12. The number of amides is 1. The first-order valence-electron chi connectivity index (χ1n) is 9.03. The van der Waals surface area contributed by atoms with E-state index in [1.165, 1.54) is 18.2 Å². The van der Waals surface area contributed by atoms with E-state index in [0.717, 1.165) is 0 Å². The molecule has 0 radical (unpaired) electrons. The molecule has 0 bridgehead atoms. The van der Waals surface area contributed by atoms with Crippen LogP contribution in [0.1, 0.15) is 40.0 Å². The zero-order chi connectivity index (χ0) is 20.8. The highest BCUT2D eigenvalue weighted by Crippen LogP contribution is 2.40. The van der Waals surface area contributed by atoms with Crippen LogP contribution >= 0.6 is 23.2 Å². The Labute approximate surface area is 176 Å². The minimum atomic E-state index is -0.680. The van der Waals surface area contributed by atoms with Crippen LogP contribution in [0.15, 0.2) is 36.4 Å². The normalized spacial score (nSPS) is 17.6. The summed E-state index contributed by atoms with van der Waals surface area (Å²) in [6.45, 7) is 0.656. The number of likely N-dealkylation sites (tertiary alicyclic amines) is 1. The monoisotopic (exact) mass is 434 g/mol. The molecular formula is C20H16Cl2N2O5. The van der Waals surface area contributed by atoms with E-state index in [4.69, 9.17) is 27.9 Å². The van der Waals surface area contributed by atoms with Crippen molar-refractivity contribution in [3.63, 3.8) is 0 Å². The van der Waals surface area contributed by atoms with Crippen LogP contribution in [0.3, 0.4) is 0 Å². The van der Waals surface area contributed by atoms with Crippen LogP contribution in [-0.2, 0) is 0 Å². The molecule has 0 aliphatic carbocycles. The lowest BCUT2D eigenvalue weighted by Gasteiger charge is -2.43. The Morgan fingerprint density at radius 3 is 2.45 bits per heavy atom. The number of nitro benzene ring substituents is 1. The minimum Gasteiger partial charge on any atom is -0.486 e. The molecule has 1 saturated heterocycles. The summed E-state index contributed by atoms with van der Waals surface area (Å²) < 4.78 is 6.15. The van der Waals surface area contributed by atoms with Crippen molar-refractivity contribution in [3.05, 3.63) is 67.7 Å². The maximum atomic E-state index is 12.9. The van der Waals surface area contributed by atoms with E-state index < -0.39 is 16.4 Å². The number of ether oxygens (including phenoxy) is 1. The molecule has 1 spiro atoms. The highest BCUT2D eigenvalue weighted by molar-refractivity contribution is 6.31. The molecule has 2 aliphatic heterocycles. The van der Waals surface area contributed by atoms with Crippen LogP contribution in [-0.4, -0.2) is 40.2 Å². The van der Waals surface area contributed by atoms with Gasteiger partial charge in [-0.3, -0.25) is 19.7 Å². The third-order valence-corrected chi connectivity index (χ3v) is 5.87. The standard InChI is InChI=1S/C20H16Cl2N2O5/c21-12-2-4-18-15(9-12)17(25)11-20(29-18)5-7-23(8-6-20)19(26)14-3-1-13(22)10-16(14)24(27)28/h1-4,9-10H,5-8,11H2. The molecule has 9 heteroatoms. The largest absolute Gasteiger partial charge is 0.486 e. The predicted molar refractivity (Wildman–Crippen MR) is 107 cm³/mol. The fourth-order valence-electron chi connectivity index (χ4n) is 3.87. The lowest BCUT2D eigenvalue weighted by Crippen LogP contribution is -2.52.